The van der Waals surface area contributed by atoms with E-state index in [-0.39, 0.29) is 40.5 Å². The van der Waals surface area contributed by atoms with Crippen molar-refractivity contribution in [3.63, 3.8) is 0 Å². The minimum atomic E-state index is -4.43. The summed E-state index contributed by atoms with van der Waals surface area (Å²) in [4.78, 5) is 8.09. The average molecular weight is 499 g/mol. The Bertz CT molecular complexity index is 1500. The van der Waals surface area contributed by atoms with Crippen molar-refractivity contribution in [3.05, 3.63) is 95.7 Å². The number of aromatic amines is 1. The van der Waals surface area contributed by atoms with Crippen LogP contribution < -0.4 is 0 Å². The van der Waals surface area contributed by atoms with Gasteiger partial charge in [-0.05, 0) is 41.0 Å². The summed E-state index contributed by atoms with van der Waals surface area (Å²) in [6.07, 6.45) is -4.43. The average Bonchev–Trinajstić information content (AvgIpc) is 3.42. The molecular formula is C28H26F3N4Na. The predicted molar refractivity (Wildman–Crippen MR) is 139 cm³/mol. The minimum absolute atomic E-state index is 0. The van der Waals surface area contributed by atoms with Gasteiger partial charge in [-0.25, -0.2) is 4.98 Å². The molecule has 1 N–H and O–H groups in total. The molecule has 3 aromatic carbocycles. The Hall–Kier alpha value is -2.87. The van der Waals surface area contributed by atoms with Gasteiger partial charge in [0, 0.05) is 5.41 Å². The number of rotatable bonds is 4. The number of aromatic nitrogens is 4. The van der Waals surface area contributed by atoms with Gasteiger partial charge < -0.3 is 4.98 Å². The maximum absolute atomic E-state index is 13.6. The van der Waals surface area contributed by atoms with Crippen LogP contribution in [0.25, 0.3) is 33.7 Å². The van der Waals surface area contributed by atoms with Crippen molar-refractivity contribution in [3.8, 4) is 22.6 Å². The molecule has 36 heavy (non-hydrogen) atoms. The first-order chi connectivity index (χ1) is 16.6. The molecule has 0 saturated heterocycles. The summed E-state index contributed by atoms with van der Waals surface area (Å²) in [5, 5.41) is 4.86. The van der Waals surface area contributed by atoms with Gasteiger partial charge in [0.05, 0.1) is 28.8 Å². The van der Waals surface area contributed by atoms with Gasteiger partial charge in [0.25, 0.3) is 0 Å². The Kier molecular flexibility index (Phi) is 7.19. The molecule has 0 aliphatic rings. The number of imidazole rings is 1. The molecule has 5 aromatic rings. The van der Waals surface area contributed by atoms with E-state index in [1.54, 1.807) is 24.3 Å². The molecule has 4 nitrogen and oxygen atoms in total. The van der Waals surface area contributed by atoms with Crippen molar-refractivity contribution in [1.29, 1.82) is 0 Å². The molecule has 180 valence electrons. The van der Waals surface area contributed by atoms with E-state index >= 15 is 0 Å². The van der Waals surface area contributed by atoms with E-state index in [9.17, 15) is 13.2 Å². The second-order valence-corrected chi connectivity index (χ2v) is 9.67. The van der Waals surface area contributed by atoms with Crippen LogP contribution >= 0.6 is 0 Å². The molecule has 0 atom stereocenters. The Morgan fingerprint density at radius 2 is 1.56 bits per heavy atom. The molecule has 5 rings (SSSR count). The Balaban J connectivity index is 0.00000304. The molecule has 8 heteroatoms. The molecule has 0 bridgehead atoms. The zero-order valence-corrected chi connectivity index (χ0v) is 19.7. The molecule has 2 heterocycles. The Labute approximate surface area is 229 Å². The fourth-order valence-corrected chi connectivity index (χ4v) is 4.13. The molecule has 2 aromatic heterocycles. The fourth-order valence-electron chi connectivity index (χ4n) is 4.13. The molecule has 0 saturated carbocycles. The summed E-state index contributed by atoms with van der Waals surface area (Å²) in [7, 11) is 0. The van der Waals surface area contributed by atoms with Crippen molar-refractivity contribution < 1.29 is 13.2 Å². The molecular weight excluding hydrogens is 472 g/mol. The molecule has 0 fully saturated rings. The summed E-state index contributed by atoms with van der Waals surface area (Å²) in [5.41, 5.74) is 4.00. The van der Waals surface area contributed by atoms with Crippen molar-refractivity contribution in [2.24, 2.45) is 0 Å². The number of halogens is 3. The first kappa shape index (κ1) is 26.2. The van der Waals surface area contributed by atoms with Crippen LogP contribution in [0.4, 0.5) is 13.2 Å². The zero-order valence-electron chi connectivity index (χ0n) is 19.7. The SMILES string of the molecule is CC(C)(C)c1cc(-c2nc3cc(-c4ccccc4C(F)(F)F)ccc3[nH]2)n(Cc2ccccc2)n1.[NaH]. The Morgan fingerprint density at radius 3 is 2.25 bits per heavy atom. The van der Waals surface area contributed by atoms with Crippen LogP contribution in [0, 0.1) is 0 Å². The standard InChI is InChI=1S/C28H25F3N4.Na.H/c1-27(2,3)25-16-24(35(34-25)17-18-9-5-4-6-10-18)26-32-22-14-13-19(15-23(22)33-26)20-11-7-8-12-21(20)28(29,30)31;;/h4-16H,17H2,1-3H3,(H,32,33);;. The van der Waals surface area contributed by atoms with Gasteiger partial charge in [0.15, 0.2) is 5.82 Å². The number of hydrogen-bond donors (Lipinski definition) is 1. The van der Waals surface area contributed by atoms with Gasteiger partial charge in [-0.2, -0.15) is 18.3 Å². The number of nitrogens with one attached hydrogen (secondary N) is 1. The summed E-state index contributed by atoms with van der Waals surface area (Å²) in [5.74, 6) is 0.625. The van der Waals surface area contributed by atoms with Gasteiger partial charge in [0.2, 0.25) is 0 Å². The number of H-pyrrole nitrogens is 1. The summed E-state index contributed by atoms with van der Waals surface area (Å²) in [6.45, 7) is 6.90. The van der Waals surface area contributed by atoms with Gasteiger partial charge in [0.1, 0.15) is 5.69 Å². The van der Waals surface area contributed by atoms with Gasteiger partial charge in [-0.3, -0.25) is 4.68 Å². The van der Waals surface area contributed by atoms with E-state index in [1.165, 1.54) is 12.1 Å². The van der Waals surface area contributed by atoms with Crippen molar-refractivity contribution >= 4 is 40.6 Å². The second-order valence-electron chi connectivity index (χ2n) is 9.67. The molecule has 0 amide bonds. The van der Waals surface area contributed by atoms with Gasteiger partial charge >= 0.3 is 35.7 Å². The third-order valence-electron chi connectivity index (χ3n) is 5.99. The molecule has 0 aliphatic heterocycles. The molecule has 0 radical (unpaired) electrons. The van der Waals surface area contributed by atoms with Crippen LogP contribution in [0.5, 0.6) is 0 Å². The summed E-state index contributed by atoms with van der Waals surface area (Å²) >= 11 is 0. The van der Waals surface area contributed by atoms with Crippen molar-refractivity contribution in [1.82, 2.24) is 19.7 Å². The predicted octanol–water partition coefficient (Wildman–Crippen LogP) is 6.81. The zero-order chi connectivity index (χ0) is 24.8. The van der Waals surface area contributed by atoms with Crippen molar-refractivity contribution in [2.75, 3.05) is 0 Å². The van der Waals surface area contributed by atoms with Crippen LogP contribution in [0.1, 0.15) is 37.6 Å². The van der Waals surface area contributed by atoms with Crippen LogP contribution in [0.2, 0.25) is 0 Å². The normalized spacial score (nSPS) is 12.1. The first-order valence-electron chi connectivity index (χ1n) is 11.4. The van der Waals surface area contributed by atoms with E-state index in [0.717, 1.165) is 28.5 Å². The number of hydrogen-bond acceptors (Lipinski definition) is 2. The quantitative estimate of drug-likeness (QED) is 0.277. The van der Waals surface area contributed by atoms with E-state index in [4.69, 9.17) is 10.1 Å². The van der Waals surface area contributed by atoms with Crippen LogP contribution in [-0.4, -0.2) is 49.3 Å². The topological polar surface area (TPSA) is 46.5 Å². The van der Waals surface area contributed by atoms with Crippen LogP contribution in [-0.2, 0) is 18.1 Å². The number of alkyl halides is 3. The van der Waals surface area contributed by atoms with E-state index < -0.39 is 11.7 Å². The van der Waals surface area contributed by atoms with E-state index in [0.29, 0.717) is 23.4 Å². The maximum atomic E-state index is 13.6. The molecule has 0 unspecified atom stereocenters. The number of nitrogens with zero attached hydrogens (tertiary/aromatic N) is 3. The van der Waals surface area contributed by atoms with Gasteiger partial charge in [-0.15, -0.1) is 0 Å². The number of benzene rings is 3. The summed E-state index contributed by atoms with van der Waals surface area (Å²) in [6, 6.07) is 22.8. The fraction of sp³-hybridized carbons (Fsp3) is 0.214. The second kappa shape index (κ2) is 9.88. The van der Waals surface area contributed by atoms with Gasteiger partial charge in [-0.1, -0.05) is 75.4 Å². The molecule has 0 spiro atoms. The molecule has 0 aliphatic carbocycles. The van der Waals surface area contributed by atoms with E-state index in [1.807, 2.05) is 41.1 Å². The first-order valence-corrected chi connectivity index (χ1v) is 11.4. The van der Waals surface area contributed by atoms with Crippen molar-refractivity contribution in [2.45, 2.75) is 38.9 Å². The van der Waals surface area contributed by atoms with Crippen LogP contribution in [0.3, 0.4) is 0 Å². The van der Waals surface area contributed by atoms with Crippen LogP contribution in [0.15, 0.2) is 78.9 Å². The Morgan fingerprint density at radius 1 is 0.861 bits per heavy atom. The number of fused-ring (bicyclic) bond motifs is 1. The monoisotopic (exact) mass is 498 g/mol. The third kappa shape index (κ3) is 5.28. The van der Waals surface area contributed by atoms with E-state index in [2.05, 4.69) is 25.8 Å². The third-order valence-corrected chi connectivity index (χ3v) is 5.99. The summed E-state index contributed by atoms with van der Waals surface area (Å²) < 4.78 is 42.6.